The van der Waals surface area contributed by atoms with Crippen LogP contribution in [-0.2, 0) is 0 Å². The zero-order chi connectivity index (χ0) is 38.3. The molecule has 0 saturated carbocycles. The third-order valence-electron chi connectivity index (χ3n) is 14.6. The minimum atomic E-state index is 0.0996. The molecule has 6 aliphatic heterocycles. The number of para-hydroxylation sites is 1. The van der Waals surface area contributed by atoms with Crippen LogP contribution in [-0.4, -0.2) is 26.9 Å². The van der Waals surface area contributed by atoms with Gasteiger partial charge in [-0.3, -0.25) is 0 Å². The highest BCUT2D eigenvalue weighted by Gasteiger charge is 2.56. The highest BCUT2D eigenvalue weighted by Crippen LogP contribution is 2.56. The van der Waals surface area contributed by atoms with Crippen LogP contribution in [0.25, 0.3) is 11.1 Å². The van der Waals surface area contributed by atoms with Gasteiger partial charge in [-0.1, -0.05) is 190 Å². The van der Waals surface area contributed by atoms with Crippen LogP contribution in [0.15, 0.2) is 146 Å². The zero-order valence-electron chi connectivity index (χ0n) is 33.1. The Hall–Kier alpha value is -6.38. The SMILES string of the molecule is Cc1ccc(B2c3cccc4c3N3c5c2ccc2c5N5c6c(ccc7c6B(c6ccc(C)cc6-7)c6ccc(c3c65)B4c3ccc(C)cc3)B2c2ccc(C)cc2)cc1. The number of rotatable bonds is 3. The van der Waals surface area contributed by atoms with Crippen LogP contribution in [0.5, 0.6) is 0 Å². The van der Waals surface area contributed by atoms with Crippen molar-refractivity contribution in [3.63, 3.8) is 0 Å². The molecule has 14 rings (SSSR count). The first-order chi connectivity index (χ1) is 28.4. The molecule has 0 unspecified atom stereocenters. The van der Waals surface area contributed by atoms with E-state index in [1.807, 2.05) is 0 Å². The molecule has 0 bridgehead atoms. The predicted molar refractivity (Wildman–Crippen MR) is 252 cm³/mol. The van der Waals surface area contributed by atoms with Crippen molar-refractivity contribution in [1.82, 2.24) is 0 Å². The Bertz CT molecular complexity index is 3150. The summed E-state index contributed by atoms with van der Waals surface area (Å²) in [5.74, 6) is 0. The fourth-order valence-corrected chi connectivity index (χ4v) is 12.2. The zero-order valence-corrected chi connectivity index (χ0v) is 33.1. The lowest BCUT2D eigenvalue weighted by Gasteiger charge is -2.55. The van der Waals surface area contributed by atoms with Gasteiger partial charge in [-0.2, -0.15) is 0 Å². The number of fused-ring (bicyclic) bond motifs is 4. The minimum absolute atomic E-state index is 0.0996. The average Bonchev–Trinajstić information content (AvgIpc) is 3.57. The van der Waals surface area contributed by atoms with Crippen LogP contribution in [0.3, 0.4) is 0 Å². The normalized spacial score (nSPS) is 14.7. The van der Waals surface area contributed by atoms with Crippen LogP contribution < -0.4 is 75.4 Å². The second-order valence-electron chi connectivity index (χ2n) is 17.9. The summed E-state index contributed by atoms with van der Waals surface area (Å²) in [4.78, 5) is 5.54. The van der Waals surface area contributed by atoms with Gasteiger partial charge in [-0.15, -0.1) is 0 Å². The summed E-state index contributed by atoms with van der Waals surface area (Å²) in [6.45, 7) is 9.32. The number of benzene rings is 8. The Balaban J connectivity index is 1.17. The molecule has 0 saturated heterocycles. The molecule has 58 heavy (non-hydrogen) atoms. The monoisotopic (exact) mass is 732 g/mol. The summed E-state index contributed by atoms with van der Waals surface area (Å²) in [7, 11) is 0. The van der Waals surface area contributed by atoms with Crippen LogP contribution in [0, 0.1) is 27.7 Å². The van der Waals surface area contributed by atoms with E-state index in [0.29, 0.717) is 0 Å². The third-order valence-corrected chi connectivity index (χ3v) is 14.6. The smallest absolute Gasteiger partial charge is 0.248 e. The van der Waals surface area contributed by atoms with E-state index in [-0.39, 0.29) is 26.9 Å². The van der Waals surface area contributed by atoms with Crippen molar-refractivity contribution in [2.24, 2.45) is 0 Å². The second kappa shape index (κ2) is 10.8. The quantitative estimate of drug-likeness (QED) is 0.257. The number of anilines is 6. The van der Waals surface area contributed by atoms with Crippen LogP contribution in [0.4, 0.5) is 34.1 Å². The molecular weight excluding hydrogens is 696 g/mol. The van der Waals surface area contributed by atoms with Gasteiger partial charge in [0.2, 0.25) is 26.9 Å². The largest absolute Gasteiger partial charge is 0.308 e. The van der Waals surface area contributed by atoms with Crippen molar-refractivity contribution in [3.05, 3.63) is 168 Å². The maximum atomic E-state index is 2.78. The van der Waals surface area contributed by atoms with Crippen molar-refractivity contribution >= 4 is 127 Å². The summed E-state index contributed by atoms with van der Waals surface area (Å²) < 4.78 is 0. The number of hydrogen-bond acceptors (Lipinski definition) is 2. The Morgan fingerprint density at radius 1 is 0.293 bits per heavy atom. The minimum Gasteiger partial charge on any atom is -0.308 e. The van der Waals surface area contributed by atoms with Crippen molar-refractivity contribution in [1.29, 1.82) is 0 Å². The number of hydrogen-bond donors (Lipinski definition) is 0. The summed E-state index contributed by atoms with van der Waals surface area (Å²) in [6, 6.07) is 57.4. The first kappa shape index (κ1) is 31.7. The van der Waals surface area contributed by atoms with Gasteiger partial charge in [0.1, 0.15) is 0 Å². The van der Waals surface area contributed by atoms with E-state index < -0.39 is 0 Å². The van der Waals surface area contributed by atoms with E-state index in [1.54, 1.807) is 0 Å². The Labute approximate surface area is 341 Å². The Morgan fingerprint density at radius 2 is 0.655 bits per heavy atom. The van der Waals surface area contributed by atoms with Crippen molar-refractivity contribution in [3.8, 4) is 11.1 Å². The van der Waals surface area contributed by atoms with Crippen LogP contribution in [0.1, 0.15) is 22.3 Å². The number of nitrogens with zero attached hydrogens (tertiary/aromatic N) is 2. The molecule has 6 heteroatoms. The van der Waals surface area contributed by atoms with E-state index in [4.69, 9.17) is 0 Å². The van der Waals surface area contributed by atoms with Gasteiger partial charge >= 0.3 is 0 Å². The topological polar surface area (TPSA) is 6.48 Å². The molecule has 6 heterocycles. The van der Waals surface area contributed by atoms with Gasteiger partial charge in [0.15, 0.2) is 0 Å². The Morgan fingerprint density at radius 3 is 1.14 bits per heavy atom. The van der Waals surface area contributed by atoms with Gasteiger partial charge in [0.25, 0.3) is 0 Å². The van der Waals surface area contributed by atoms with Crippen molar-refractivity contribution in [2.75, 3.05) is 9.80 Å². The molecule has 6 aliphatic rings. The lowest BCUT2D eigenvalue weighted by atomic mass is 9.28. The molecule has 0 aromatic heterocycles. The summed E-state index contributed by atoms with van der Waals surface area (Å²) in [6.07, 6.45) is 0. The summed E-state index contributed by atoms with van der Waals surface area (Å²) in [5, 5.41) is 0. The van der Waals surface area contributed by atoms with Crippen LogP contribution >= 0.6 is 0 Å². The second-order valence-corrected chi connectivity index (χ2v) is 17.9. The van der Waals surface area contributed by atoms with Gasteiger partial charge in [-0.25, -0.2) is 0 Å². The molecular formula is C52H36B4N2. The van der Waals surface area contributed by atoms with E-state index >= 15 is 0 Å². The molecule has 266 valence electrons. The number of aryl methyl sites for hydroxylation is 4. The first-order valence-corrected chi connectivity index (χ1v) is 21.0. The fraction of sp³-hybridized carbons (Fsp3) is 0.0769. The maximum Gasteiger partial charge on any atom is 0.248 e. The van der Waals surface area contributed by atoms with Gasteiger partial charge in [-0.05, 0) is 82.5 Å². The maximum absolute atomic E-state index is 2.78. The van der Waals surface area contributed by atoms with Gasteiger partial charge < -0.3 is 9.80 Å². The molecule has 2 nitrogen and oxygen atoms in total. The molecule has 0 N–H and O–H groups in total. The third kappa shape index (κ3) is 3.72. The van der Waals surface area contributed by atoms with Gasteiger partial charge in [0, 0.05) is 11.4 Å². The molecule has 0 radical (unpaired) electrons. The lowest BCUT2D eigenvalue weighted by molar-refractivity contribution is 1.19. The van der Waals surface area contributed by atoms with E-state index in [1.165, 1.54) is 133 Å². The molecule has 0 amide bonds. The standard InChI is InChI=1S/C52H36B4N2/c1-29-8-15-33(16-9-29)53-39-6-5-7-40-47(39)57-49-42(53)24-25-44-51(49)58-48-41(55(44)35-19-12-31(3)13-20-35)23-21-36-37-28-32(4)14-22-38(37)56(46(36)48)45-27-26-43(50(57)52(45)58)54(40)34-17-10-30(2)11-18-34/h5-28H,1-4H3. The highest BCUT2D eigenvalue weighted by molar-refractivity contribution is 7.06. The molecule has 0 atom stereocenters. The highest BCUT2D eigenvalue weighted by atomic mass is 15.3. The van der Waals surface area contributed by atoms with Crippen molar-refractivity contribution in [2.45, 2.75) is 27.7 Å². The van der Waals surface area contributed by atoms with Gasteiger partial charge in [0.05, 0.1) is 22.7 Å². The molecule has 0 spiro atoms. The molecule has 0 fully saturated rings. The van der Waals surface area contributed by atoms with Crippen molar-refractivity contribution < 1.29 is 0 Å². The molecule has 8 aromatic carbocycles. The lowest BCUT2D eigenvalue weighted by Crippen LogP contribution is -2.70. The average molecular weight is 732 g/mol. The fourth-order valence-electron chi connectivity index (χ4n) is 12.2. The molecule has 0 aliphatic carbocycles. The summed E-state index contributed by atoms with van der Waals surface area (Å²) in [5.41, 5.74) is 33.0. The van der Waals surface area contributed by atoms with E-state index in [0.717, 1.165) is 0 Å². The Kier molecular flexibility index (Phi) is 5.88. The van der Waals surface area contributed by atoms with E-state index in [2.05, 4.69) is 183 Å². The first-order valence-electron chi connectivity index (χ1n) is 21.0. The summed E-state index contributed by atoms with van der Waals surface area (Å²) >= 11 is 0. The molecule has 8 aromatic rings. The van der Waals surface area contributed by atoms with Crippen LogP contribution in [0.2, 0.25) is 0 Å². The van der Waals surface area contributed by atoms with E-state index in [9.17, 15) is 0 Å². The predicted octanol–water partition coefficient (Wildman–Crippen LogP) is 3.47.